The predicted molar refractivity (Wildman–Crippen MR) is 93.3 cm³/mol. The van der Waals surface area contributed by atoms with Crippen LogP contribution < -0.4 is 9.58 Å². The summed E-state index contributed by atoms with van der Waals surface area (Å²) in [5.74, 6) is -0.0684. The maximum atomic E-state index is 12.8. The number of ether oxygens (including phenoxy) is 1. The Balaban J connectivity index is 2.16. The van der Waals surface area contributed by atoms with Crippen LogP contribution in [0.15, 0.2) is 42.5 Å². The molecule has 0 spiro atoms. The van der Waals surface area contributed by atoms with E-state index in [0.717, 1.165) is 4.80 Å². The first-order valence-corrected chi connectivity index (χ1v) is 7.60. The van der Waals surface area contributed by atoms with Gasteiger partial charge < -0.3 is 9.94 Å². The van der Waals surface area contributed by atoms with Crippen molar-refractivity contribution < 1.29 is 15.9 Å². The van der Waals surface area contributed by atoms with Gasteiger partial charge in [0.05, 0.1) is 29.7 Å². The second-order valence-electron chi connectivity index (χ2n) is 5.60. The van der Waals surface area contributed by atoms with Crippen LogP contribution in [0.1, 0.15) is 7.06 Å². The first-order chi connectivity index (χ1) is 13.0. The molecule has 0 amide bonds. The van der Waals surface area contributed by atoms with Gasteiger partial charge in [0, 0.05) is 0 Å². The van der Waals surface area contributed by atoms with Crippen molar-refractivity contribution in [3.05, 3.63) is 63.5 Å². The number of pyridine rings is 1. The minimum Gasteiger partial charge on any atom is -0.692 e. The number of para-hydroxylation sites is 1. The number of hydrogen-bond donors (Lipinski definition) is 0. The van der Waals surface area contributed by atoms with Crippen LogP contribution in [0.2, 0.25) is 0 Å². The molecule has 4 aromatic rings. The molecule has 26 heavy (non-hydrogen) atoms. The fourth-order valence-electron chi connectivity index (χ4n) is 2.99. The highest BCUT2D eigenvalue weighted by atomic mass is 16.6. The average molecular weight is 352 g/mol. The van der Waals surface area contributed by atoms with E-state index in [-0.39, 0.29) is 27.9 Å². The number of benzene rings is 2. The van der Waals surface area contributed by atoms with Gasteiger partial charge in [0.15, 0.2) is 5.75 Å². The minimum atomic E-state index is -0.611. The van der Waals surface area contributed by atoms with Crippen LogP contribution in [0.3, 0.4) is 0 Å². The molecule has 0 aliphatic rings. The van der Waals surface area contributed by atoms with E-state index in [1.54, 1.807) is 43.3 Å². The molecule has 2 aromatic heterocycles. The Bertz CT molecular complexity index is 1190. The average Bonchev–Trinajstić information content (AvgIpc) is 3.01. The molecule has 9 heteroatoms. The zero-order valence-corrected chi connectivity index (χ0v) is 13.6. The van der Waals surface area contributed by atoms with Gasteiger partial charge in [0.2, 0.25) is 5.52 Å². The maximum Gasteiger partial charge on any atom is 0.324 e. The molecule has 130 valence electrons. The lowest BCUT2D eigenvalue weighted by Gasteiger charge is -2.06. The van der Waals surface area contributed by atoms with Crippen molar-refractivity contribution in [2.45, 2.75) is 6.92 Å². The summed E-state index contributed by atoms with van der Waals surface area (Å²) in [7, 11) is -0.477. The molecule has 0 fully saturated rings. The number of fused-ring (bicyclic) bond motifs is 3. The Morgan fingerprint density at radius 3 is 2.73 bits per heavy atom. The number of nitro groups is 1. The normalized spacial score (nSPS) is 11.7. The summed E-state index contributed by atoms with van der Waals surface area (Å²) in [6.45, 7) is 1.65. The number of nitro benzene ring substituents is 1. The van der Waals surface area contributed by atoms with E-state index >= 15 is 0 Å². The molecule has 0 radical (unpaired) electrons. The third-order valence-electron chi connectivity index (χ3n) is 4.09. The number of methoxy groups -OCH3 is 1. The van der Waals surface area contributed by atoms with Gasteiger partial charge in [0.1, 0.15) is 11.1 Å². The molecule has 0 aliphatic heterocycles. The van der Waals surface area contributed by atoms with Crippen LogP contribution in [0.5, 0.6) is 5.75 Å². The van der Waals surface area contributed by atoms with E-state index in [1.165, 1.54) is 6.07 Å². The molecule has 0 bridgehead atoms. The maximum absolute atomic E-state index is 12.8. The third-order valence-corrected chi connectivity index (χ3v) is 4.09. The molecular formula is C17H13N5O4. The van der Waals surface area contributed by atoms with Gasteiger partial charge in [0.25, 0.3) is 5.52 Å². The fraction of sp³-hybridized carbons (Fsp3) is 0.118. The van der Waals surface area contributed by atoms with Gasteiger partial charge in [-0.2, -0.15) is 0 Å². The zero-order valence-electron chi connectivity index (χ0n) is 14.6. The van der Waals surface area contributed by atoms with Gasteiger partial charge in [-0.1, -0.05) is 18.2 Å². The lowest BCUT2D eigenvalue weighted by molar-refractivity contribution is -0.664. The van der Waals surface area contributed by atoms with Crippen molar-refractivity contribution in [3.63, 3.8) is 0 Å². The summed E-state index contributed by atoms with van der Waals surface area (Å²) >= 11 is 0. The molecule has 0 unspecified atom stereocenters. The van der Waals surface area contributed by atoms with Gasteiger partial charge in [-0.25, -0.2) is 4.98 Å². The second-order valence-corrected chi connectivity index (χ2v) is 5.60. The molecular weight excluding hydrogens is 338 g/mol. The largest absolute Gasteiger partial charge is 0.692 e. The topological polar surface area (TPSA) is 110 Å². The van der Waals surface area contributed by atoms with E-state index in [2.05, 4.69) is 10.1 Å². The molecule has 0 aliphatic carbocycles. The molecule has 4 rings (SSSR count). The lowest BCUT2D eigenvalue weighted by Crippen LogP contribution is -2.37. The summed E-state index contributed by atoms with van der Waals surface area (Å²) in [5.41, 5.74) is 1.16. The first-order valence-electron chi connectivity index (χ1n) is 8.31. The second kappa shape index (κ2) is 5.66. The van der Waals surface area contributed by atoms with Crippen molar-refractivity contribution in [1.29, 1.82) is 0 Å². The highest BCUT2D eigenvalue weighted by Gasteiger charge is 2.30. The van der Waals surface area contributed by atoms with Gasteiger partial charge in [-0.3, -0.25) is 10.1 Å². The Hall–Kier alpha value is -3.75. The van der Waals surface area contributed by atoms with E-state index in [1.807, 2.05) is 0 Å². The molecule has 9 nitrogen and oxygen atoms in total. The van der Waals surface area contributed by atoms with E-state index in [0.29, 0.717) is 21.7 Å². The highest BCUT2D eigenvalue weighted by Crippen LogP contribution is 2.38. The van der Waals surface area contributed by atoms with E-state index < -0.39 is 12.0 Å². The quantitative estimate of drug-likeness (QED) is 0.242. The first kappa shape index (κ1) is 14.6. The predicted octanol–water partition coefficient (Wildman–Crippen LogP) is 2.43. The Labute approximate surface area is 148 Å². The highest BCUT2D eigenvalue weighted by molar-refractivity contribution is 6.08. The molecule has 2 heterocycles. The third kappa shape index (κ3) is 2.14. The van der Waals surface area contributed by atoms with E-state index in [9.17, 15) is 15.3 Å². The summed E-state index contributed by atoms with van der Waals surface area (Å²) in [6, 6.07) is 11.7. The van der Waals surface area contributed by atoms with Gasteiger partial charge in [-0.15, -0.1) is 4.85 Å². The Morgan fingerprint density at radius 2 is 2.04 bits per heavy atom. The zero-order chi connectivity index (χ0) is 19.1. The molecule has 0 atom stereocenters. The van der Waals surface area contributed by atoms with E-state index in [4.69, 9.17) is 6.11 Å². The standard InChI is InChI=1S/C17H13N5O4/c1-10-16-15(19-20(21(16)23)11-6-4-3-5-7-11)14-12(18-10)8-9-13(26-2)17(14)22(24)25/h3-9H,1-2H3/i2D. The summed E-state index contributed by atoms with van der Waals surface area (Å²) in [6.07, 6.45) is 0. The van der Waals surface area contributed by atoms with Crippen LogP contribution in [-0.4, -0.2) is 26.9 Å². The molecule has 0 saturated carbocycles. The number of nitrogens with zero attached hydrogens (tertiary/aromatic N) is 5. The lowest BCUT2D eigenvalue weighted by atomic mass is 10.1. The number of aromatic nitrogens is 4. The SMILES string of the molecule is [2H]COc1ccc2nc(C)c3c(nn(-c4ccccc4)[n+]3[O-])c2c1[N+](=O)[O-]. The number of rotatable bonds is 3. The van der Waals surface area contributed by atoms with Crippen LogP contribution in [-0.2, 0) is 0 Å². The van der Waals surface area contributed by atoms with Gasteiger partial charge in [-0.05, 0) is 36.0 Å². The van der Waals surface area contributed by atoms with Gasteiger partial charge >= 0.3 is 5.69 Å². The summed E-state index contributed by atoms with van der Waals surface area (Å²) in [5, 5.41) is 29.0. The Morgan fingerprint density at radius 1 is 1.27 bits per heavy atom. The van der Waals surface area contributed by atoms with Crippen LogP contribution in [0, 0.1) is 22.2 Å². The molecule has 2 aromatic carbocycles. The van der Waals surface area contributed by atoms with Crippen molar-refractivity contribution >= 4 is 27.6 Å². The molecule has 0 N–H and O–H groups in total. The summed E-state index contributed by atoms with van der Waals surface area (Å²) in [4.78, 5) is 17.1. The van der Waals surface area contributed by atoms with Crippen molar-refractivity contribution in [3.8, 4) is 11.4 Å². The minimum absolute atomic E-state index is 0.0684. The van der Waals surface area contributed by atoms with Crippen molar-refractivity contribution in [2.24, 2.45) is 0 Å². The number of aryl methyl sites for hydroxylation is 1. The van der Waals surface area contributed by atoms with Crippen LogP contribution >= 0.6 is 0 Å². The van der Waals surface area contributed by atoms with Crippen LogP contribution in [0.25, 0.3) is 27.6 Å². The molecule has 0 saturated heterocycles. The smallest absolute Gasteiger partial charge is 0.324 e. The van der Waals surface area contributed by atoms with Crippen molar-refractivity contribution in [1.82, 2.24) is 14.9 Å². The Kier molecular flexibility index (Phi) is 3.17. The van der Waals surface area contributed by atoms with Crippen molar-refractivity contribution in [2.75, 3.05) is 7.09 Å². The fourth-order valence-corrected chi connectivity index (χ4v) is 2.99. The number of hydrogen-bond acceptors (Lipinski definition) is 6. The van der Waals surface area contributed by atoms with Crippen LogP contribution in [0.4, 0.5) is 5.69 Å². The monoisotopic (exact) mass is 352 g/mol. The summed E-state index contributed by atoms with van der Waals surface area (Å²) < 4.78 is 12.3.